The molecule has 0 aliphatic heterocycles. The van der Waals surface area contributed by atoms with Crippen molar-refractivity contribution in [2.45, 2.75) is 12.8 Å². The second kappa shape index (κ2) is 5.45. The molecule has 0 bridgehead atoms. The molecule has 0 spiro atoms. The first-order chi connectivity index (χ1) is 8.33. The summed E-state index contributed by atoms with van der Waals surface area (Å²) in [5.74, 6) is 1.89. The predicted molar refractivity (Wildman–Crippen MR) is 61.7 cm³/mol. The number of benzene rings is 1. The van der Waals surface area contributed by atoms with Gasteiger partial charge in [0, 0.05) is 18.6 Å². The fourth-order valence-electron chi connectivity index (χ4n) is 1.44. The fraction of sp³-hybridized carbons (Fsp3) is 0.333. The average Bonchev–Trinajstić information content (AvgIpc) is 2.85. The second-order valence-corrected chi connectivity index (χ2v) is 3.57. The summed E-state index contributed by atoms with van der Waals surface area (Å²) in [6.45, 7) is 0.131. The highest BCUT2D eigenvalue weighted by atomic mass is 16.5. The molecule has 5 nitrogen and oxygen atoms in total. The molecule has 0 unspecified atom stereocenters. The van der Waals surface area contributed by atoms with Crippen LogP contribution in [0.2, 0.25) is 0 Å². The summed E-state index contributed by atoms with van der Waals surface area (Å²) in [6, 6.07) is 7.41. The highest BCUT2D eigenvalue weighted by Gasteiger charge is 2.08. The third-order valence-corrected chi connectivity index (χ3v) is 2.36. The van der Waals surface area contributed by atoms with Crippen LogP contribution in [0, 0.1) is 0 Å². The maximum atomic E-state index is 8.71. The lowest BCUT2D eigenvalue weighted by Gasteiger charge is -1.98. The largest absolute Gasteiger partial charge is 0.497 e. The molecule has 0 aliphatic carbocycles. The number of rotatable bonds is 5. The van der Waals surface area contributed by atoms with E-state index >= 15 is 0 Å². The zero-order chi connectivity index (χ0) is 12.1. The van der Waals surface area contributed by atoms with Crippen molar-refractivity contribution in [1.82, 2.24) is 10.1 Å². The summed E-state index contributed by atoms with van der Waals surface area (Å²) in [5, 5.41) is 12.6. The summed E-state index contributed by atoms with van der Waals surface area (Å²) in [4.78, 5) is 4.24. The third-order valence-electron chi connectivity index (χ3n) is 2.36. The predicted octanol–water partition coefficient (Wildman–Crippen LogP) is 1.67. The normalized spacial score (nSPS) is 10.5. The number of aliphatic hydroxyl groups is 1. The average molecular weight is 234 g/mol. The molecular weight excluding hydrogens is 220 g/mol. The van der Waals surface area contributed by atoms with Crippen LogP contribution < -0.4 is 4.74 Å². The molecule has 1 heterocycles. The summed E-state index contributed by atoms with van der Waals surface area (Å²) < 4.78 is 10.2. The standard InChI is InChI=1S/C12H14N2O3/c1-16-10-6-4-9(5-7-10)12-13-11(14-17-12)3-2-8-15/h4-7,15H,2-3,8H2,1H3. The van der Waals surface area contributed by atoms with Gasteiger partial charge in [0.05, 0.1) is 7.11 Å². The maximum Gasteiger partial charge on any atom is 0.257 e. The lowest BCUT2D eigenvalue weighted by atomic mass is 10.2. The van der Waals surface area contributed by atoms with E-state index in [9.17, 15) is 0 Å². The Kier molecular flexibility index (Phi) is 3.72. The van der Waals surface area contributed by atoms with Crippen molar-refractivity contribution in [1.29, 1.82) is 0 Å². The Balaban J connectivity index is 2.12. The number of methoxy groups -OCH3 is 1. The molecule has 1 N–H and O–H groups in total. The molecule has 0 atom stereocenters. The van der Waals surface area contributed by atoms with E-state index in [0.717, 1.165) is 11.3 Å². The van der Waals surface area contributed by atoms with E-state index < -0.39 is 0 Å². The molecule has 2 aromatic rings. The summed E-state index contributed by atoms with van der Waals surface area (Å²) in [6.07, 6.45) is 1.26. The van der Waals surface area contributed by atoms with Crippen molar-refractivity contribution in [2.75, 3.05) is 13.7 Å². The van der Waals surface area contributed by atoms with E-state index in [2.05, 4.69) is 10.1 Å². The molecule has 0 saturated carbocycles. The van der Waals surface area contributed by atoms with Crippen LogP contribution in [-0.4, -0.2) is 29.0 Å². The number of ether oxygens (including phenoxy) is 1. The zero-order valence-corrected chi connectivity index (χ0v) is 9.59. The van der Waals surface area contributed by atoms with Crippen LogP contribution in [0.3, 0.4) is 0 Å². The van der Waals surface area contributed by atoms with Gasteiger partial charge in [0.25, 0.3) is 5.89 Å². The van der Waals surface area contributed by atoms with Crippen LogP contribution in [0.15, 0.2) is 28.8 Å². The Bertz CT molecular complexity index is 465. The topological polar surface area (TPSA) is 68.4 Å². The summed E-state index contributed by atoms with van der Waals surface area (Å²) in [5.41, 5.74) is 0.855. The molecule has 5 heteroatoms. The molecule has 17 heavy (non-hydrogen) atoms. The van der Waals surface area contributed by atoms with Crippen LogP contribution >= 0.6 is 0 Å². The second-order valence-electron chi connectivity index (χ2n) is 3.57. The monoisotopic (exact) mass is 234 g/mol. The van der Waals surface area contributed by atoms with Gasteiger partial charge in [-0.05, 0) is 30.7 Å². The van der Waals surface area contributed by atoms with Crippen molar-refractivity contribution >= 4 is 0 Å². The van der Waals surface area contributed by atoms with Crippen LogP contribution in [-0.2, 0) is 6.42 Å². The first-order valence-corrected chi connectivity index (χ1v) is 5.41. The Labute approximate surface area is 99.0 Å². The van der Waals surface area contributed by atoms with E-state index in [0.29, 0.717) is 24.6 Å². The fourth-order valence-corrected chi connectivity index (χ4v) is 1.44. The zero-order valence-electron chi connectivity index (χ0n) is 9.59. The number of hydrogen-bond acceptors (Lipinski definition) is 5. The van der Waals surface area contributed by atoms with Crippen molar-refractivity contribution in [3.8, 4) is 17.2 Å². The molecule has 2 rings (SSSR count). The number of hydrogen-bond donors (Lipinski definition) is 1. The third kappa shape index (κ3) is 2.82. The minimum absolute atomic E-state index is 0.131. The van der Waals surface area contributed by atoms with Gasteiger partial charge in [0.1, 0.15) is 5.75 Å². The van der Waals surface area contributed by atoms with Gasteiger partial charge in [0.2, 0.25) is 0 Å². The van der Waals surface area contributed by atoms with Crippen LogP contribution in [0.5, 0.6) is 5.75 Å². The van der Waals surface area contributed by atoms with Crippen molar-refractivity contribution in [3.63, 3.8) is 0 Å². The van der Waals surface area contributed by atoms with E-state index in [-0.39, 0.29) is 6.61 Å². The Morgan fingerprint density at radius 3 is 2.71 bits per heavy atom. The first-order valence-electron chi connectivity index (χ1n) is 5.41. The van der Waals surface area contributed by atoms with Gasteiger partial charge < -0.3 is 14.4 Å². The van der Waals surface area contributed by atoms with E-state index in [4.69, 9.17) is 14.4 Å². The number of nitrogens with zero attached hydrogens (tertiary/aromatic N) is 2. The SMILES string of the molecule is COc1ccc(-c2nc(CCCO)no2)cc1. The molecule has 0 fully saturated rings. The maximum absolute atomic E-state index is 8.71. The number of aromatic nitrogens is 2. The minimum atomic E-state index is 0.131. The minimum Gasteiger partial charge on any atom is -0.497 e. The molecule has 0 radical (unpaired) electrons. The lowest BCUT2D eigenvalue weighted by Crippen LogP contribution is -1.91. The lowest BCUT2D eigenvalue weighted by molar-refractivity contribution is 0.286. The van der Waals surface area contributed by atoms with E-state index in [1.807, 2.05) is 24.3 Å². The van der Waals surface area contributed by atoms with E-state index in [1.54, 1.807) is 7.11 Å². The first kappa shape index (κ1) is 11.6. The molecule has 0 aliphatic rings. The van der Waals surface area contributed by atoms with Crippen molar-refractivity contribution in [3.05, 3.63) is 30.1 Å². The molecule has 90 valence electrons. The molecule has 1 aromatic carbocycles. The van der Waals surface area contributed by atoms with Gasteiger partial charge in [-0.2, -0.15) is 4.98 Å². The number of aryl methyl sites for hydroxylation is 1. The molecule has 1 aromatic heterocycles. The van der Waals surface area contributed by atoms with E-state index in [1.165, 1.54) is 0 Å². The van der Waals surface area contributed by atoms with Gasteiger partial charge in [-0.25, -0.2) is 0 Å². The van der Waals surface area contributed by atoms with Gasteiger partial charge >= 0.3 is 0 Å². The summed E-state index contributed by atoms with van der Waals surface area (Å²) >= 11 is 0. The van der Waals surface area contributed by atoms with Gasteiger partial charge in [0.15, 0.2) is 5.82 Å². The van der Waals surface area contributed by atoms with Crippen LogP contribution in [0.1, 0.15) is 12.2 Å². The highest BCUT2D eigenvalue weighted by Crippen LogP contribution is 2.20. The quantitative estimate of drug-likeness (QED) is 0.852. The van der Waals surface area contributed by atoms with Gasteiger partial charge in [-0.1, -0.05) is 5.16 Å². The van der Waals surface area contributed by atoms with Crippen LogP contribution in [0.4, 0.5) is 0 Å². The molecular formula is C12H14N2O3. The molecule has 0 saturated heterocycles. The Morgan fingerprint density at radius 2 is 2.06 bits per heavy atom. The summed E-state index contributed by atoms with van der Waals surface area (Å²) in [7, 11) is 1.62. The van der Waals surface area contributed by atoms with Crippen LogP contribution in [0.25, 0.3) is 11.5 Å². The van der Waals surface area contributed by atoms with Crippen molar-refractivity contribution < 1.29 is 14.4 Å². The van der Waals surface area contributed by atoms with Gasteiger partial charge in [-0.15, -0.1) is 0 Å². The smallest absolute Gasteiger partial charge is 0.257 e. The highest BCUT2D eigenvalue weighted by molar-refractivity contribution is 5.54. The van der Waals surface area contributed by atoms with Crippen molar-refractivity contribution in [2.24, 2.45) is 0 Å². The molecule has 0 amide bonds. The Morgan fingerprint density at radius 1 is 1.29 bits per heavy atom. The Hall–Kier alpha value is -1.88. The number of aliphatic hydroxyl groups excluding tert-OH is 1. The van der Waals surface area contributed by atoms with Gasteiger partial charge in [-0.3, -0.25) is 0 Å².